The third-order valence-electron chi connectivity index (χ3n) is 5.72. The number of morpholine rings is 1. The summed E-state index contributed by atoms with van der Waals surface area (Å²) in [4.78, 5) is 51.4. The molecule has 9 nitrogen and oxygen atoms in total. The number of hydrogen-bond donors (Lipinski definition) is 1. The van der Waals surface area contributed by atoms with Gasteiger partial charge < -0.3 is 19.3 Å². The second kappa shape index (κ2) is 9.26. The van der Waals surface area contributed by atoms with E-state index in [-0.39, 0.29) is 50.5 Å². The molecule has 3 heterocycles. The molecule has 2 saturated heterocycles. The first-order chi connectivity index (χ1) is 19.3. The van der Waals surface area contributed by atoms with Crippen molar-refractivity contribution in [1.29, 1.82) is 0 Å². The molecule has 2 fully saturated rings. The van der Waals surface area contributed by atoms with Crippen LogP contribution in [0.1, 0.15) is 49.5 Å². The lowest BCUT2D eigenvalue weighted by atomic mass is 10.0. The maximum atomic E-state index is 13.1. The van der Waals surface area contributed by atoms with Gasteiger partial charge in [-0.1, -0.05) is 30.2 Å². The second-order valence-corrected chi connectivity index (χ2v) is 7.92. The Labute approximate surface area is 206 Å². The van der Waals surface area contributed by atoms with Crippen molar-refractivity contribution in [3.8, 4) is 5.75 Å². The summed E-state index contributed by atoms with van der Waals surface area (Å²) in [7, 11) is 0. The summed E-state index contributed by atoms with van der Waals surface area (Å²) < 4.78 is 70.3. The van der Waals surface area contributed by atoms with E-state index in [1.165, 1.54) is 23.1 Å². The SMILES string of the molecule is [2H]c1c([2H])c(C([2H])([2H])N2CCOCC2=O)c([2H])c([2H])c1C([2H])Oc1cccc2c1CN(C1CCC(=O)NC1=O)C2=O. The average Bonchev–Trinajstić information content (AvgIpc) is 3.25. The van der Waals surface area contributed by atoms with Gasteiger partial charge in [0.1, 0.15) is 25.0 Å². The van der Waals surface area contributed by atoms with E-state index in [1.807, 2.05) is 0 Å². The highest BCUT2D eigenvalue weighted by Crippen LogP contribution is 2.34. The minimum Gasteiger partial charge on any atom is -0.489 e. The van der Waals surface area contributed by atoms with Crippen molar-refractivity contribution in [2.45, 2.75) is 38.5 Å². The number of rotatable bonds is 6. The van der Waals surface area contributed by atoms with Gasteiger partial charge >= 0.3 is 0 Å². The van der Waals surface area contributed by atoms with Crippen molar-refractivity contribution in [3.63, 3.8) is 0 Å². The normalized spacial score (nSPS) is 24.7. The minimum atomic E-state index is -2.68. The Kier molecular flexibility index (Phi) is 4.15. The van der Waals surface area contributed by atoms with E-state index < -0.39 is 78.0 Å². The van der Waals surface area contributed by atoms with Crippen LogP contribution < -0.4 is 10.1 Å². The van der Waals surface area contributed by atoms with Crippen LogP contribution in [-0.2, 0) is 38.7 Å². The molecule has 2 atom stereocenters. The number of hydrogen-bond acceptors (Lipinski definition) is 6. The van der Waals surface area contributed by atoms with Crippen molar-refractivity contribution < 1.29 is 38.2 Å². The van der Waals surface area contributed by atoms with Gasteiger partial charge in [-0.3, -0.25) is 24.5 Å². The highest BCUT2D eigenvalue weighted by molar-refractivity contribution is 6.05. The van der Waals surface area contributed by atoms with E-state index in [1.54, 1.807) is 0 Å². The van der Waals surface area contributed by atoms with Crippen molar-refractivity contribution in [2.24, 2.45) is 0 Å². The zero-order valence-corrected chi connectivity index (χ0v) is 18.0. The molecule has 34 heavy (non-hydrogen) atoms. The molecule has 4 amide bonds. The zero-order valence-electron chi connectivity index (χ0n) is 25.0. The van der Waals surface area contributed by atoms with E-state index in [9.17, 15) is 19.2 Å². The van der Waals surface area contributed by atoms with Gasteiger partial charge in [-0.2, -0.15) is 0 Å². The summed E-state index contributed by atoms with van der Waals surface area (Å²) in [6, 6.07) is 0.679. The summed E-state index contributed by atoms with van der Waals surface area (Å²) in [5.74, 6) is -2.13. The van der Waals surface area contributed by atoms with E-state index in [2.05, 4.69) is 5.32 Å². The van der Waals surface area contributed by atoms with Crippen LogP contribution in [0.3, 0.4) is 0 Å². The van der Waals surface area contributed by atoms with Crippen LogP contribution in [0.15, 0.2) is 42.4 Å². The molecule has 0 bridgehead atoms. The quantitative estimate of drug-likeness (QED) is 0.640. The Morgan fingerprint density at radius 3 is 2.71 bits per heavy atom. The van der Waals surface area contributed by atoms with Gasteiger partial charge in [-0.05, 0) is 29.7 Å². The lowest BCUT2D eigenvalue weighted by Gasteiger charge is -2.29. The number of nitrogens with zero attached hydrogens (tertiary/aromatic N) is 2. The largest absolute Gasteiger partial charge is 0.489 e. The van der Waals surface area contributed by atoms with Crippen LogP contribution in [-0.4, -0.2) is 59.2 Å². The Hall–Kier alpha value is -3.72. The molecule has 1 N–H and O–H groups in total. The van der Waals surface area contributed by atoms with Crippen LogP contribution in [0.4, 0.5) is 0 Å². The molecule has 3 aliphatic rings. The number of imide groups is 1. The van der Waals surface area contributed by atoms with Crippen LogP contribution >= 0.6 is 0 Å². The summed E-state index contributed by atoms with van der Waals surface area (Å²) >= 11 is 0. The number of carbonyl (C=O) groups is 4. The molecular formula is C25H25N3O6. The lowest BCUT2D eigenvalue weighted by Crippen LogP contribution is -2.52. The standard InChI is InChI=1S/C25H25N3O6/c29-22-9-8-20(24(31)26-22)28-13-19-18(25(28)32)2-1-3-21(19)34-14-17-6-4-16(5-7-17)12-27-10-11-33-15-23(27)30/h1-7,20H,8-15H2,(H,26,29,31)/i4D,5D,6D,7D,12D2,14D. The summed E-state index contributed by atoms with van der Waals surface area (Å²) in [5.41, 5.74) is -0.534. The molecule has 176 valence electrons. The minimum absolute atomic E-state index is 0.0406. The van der Waals surface area contributed by atoms with Crippen molar-refractivity contribution in [2.75, 3.05) is 19.8 Å². The number of fused-ring (bicyclic) bond motifs is 1. The first-order valence-corrected chi connectivity index (χ1v) is 10.7. The first-order valence-electron chi connectivity index (χ1n) is 14.3. The summed E-state index contributed by atoms with van der Waals surface area (Å²) in [6.07, 6.45) is 0.228. The van der Waals surface area contributed by atoms with Crippen molar-refractivity contribution in [1.82, 2.24) is 15.1 Å². The van der Waals surface area contributed by atoms with Gasteiger partial charge in [0.05, 0.1) is 22.7 Å². The number of piperidine rings is 1. The molecule has 2 unspecified atom stereocenters. The number of carbonyl (C=O) groups excluding carboxylic acids is 4. The van der Waals surface area contributed by atoms with Gasteiger partial charge in [0.2, 0.25) is 17.7 Å². The maximum Gasteiger partial charge on any atom is 0.255 e. The molecule has 0 spiro atoms. The molecular weight excluding hydrogens is 438 g/mol. The van der Waals surface area contributed by atoms with Crippen LogP contribution in [0.25, 0.3) is 0 Å². The third-order valence-corrected chi connectivity index (χ3v) is 5.72. The van der Waals surface area contributed by atoms with E-state index in [4.69, 9.17) is 19.1 Å². The zero-order chi connectivity index (χ0) is 29.8. The van der Waals surface area contributed by atoms with Crippen molar-refractivity contribution >= 4 is 23.6 Å². The van der Waals surface area contributed by atoms with Crippen LogP contribution in [0.5, 0.6) is 5.75 Å². The van der Waals surface area contributed by atoms with Gasteiger partial charge in [-0.25, -0.2) is 0 Å². The third kappa shape index (κ3) is 4.38. The number of benzene rings is 2. The molecule has 5 rings (SSSR count). The highest BCUT2D eigenvalue weighted by atomic mass is 16.5. The van der Waals surface area contributed by atoms with Gasteiger partial charge in [-0.15, -0.1) is 0 Å². The fourth-order valence-corrected chi connectivity index (χ4v) is 4.00. The molecule has 0 saturated carbocycles. The van der Waals surface area contributed by atoms with E-state index in [0.717, 1.165) is 4.90 Å². The second-order valence-electron chi connectivity index (χ2n) is 7.92. The van der Waals surface area contributed by atoms with Gasteiger partial charge in [0, 0.05) is 30.6 Å². The summed E-state index contributed by atoms with van der Waals surface area (Å²) in [5, 5.41) is 2.22. The fraction of sp³-hybridized carbons (Fsp3) is 0.360. The number of ether oxygens (including phenoxy) is 2. The molecule has 9 heteroatoms. The molecule has 0 aromatic heterocycles. The van der Waals surface area contributed by atoms with E-state index in [0.29, 0.717) is 5.56 Å². The van der Waals surface area contributed by atoms with E-state index >= 15 is 0 Å². The predicted molar refractivity (Wildman–Crippen MR) is 119 cm³/mol. The predicted octanol–water partition coefficient (Wildman–Crippen LogP) is 1.39. The topological polar surface area (TPSA) is 105 Å². The number of nitrogens with one attached hydrogen (secondary N) is 1. The Bertz CT molecular complexity index is 1460. The van der Waals surface area contributed by atoms with Gasteiger partial charge in [0.25, 0.3) is 5.91 Å². The monoisotopic (exact) mass is 470 g/mol. The molecule has 2 aromatic rings. The maximum absolute atomic E-state index is 13.1. The van der Waals surface area contributed by atoms with Gasteiger partial charge in [0.15, 0.2) is 0 Å². The lowest BCUT2D eigenvalue weighted by molar-refractivity contribution is -0.143. The van der Waals surface area contributed by atoms with Crippen LogP contribution in [0, 0.1) is 0 Å². The molecule has 2 aromatic carbocycles. The number of amides is 4. The Balaban J connectivity index is 1.45. The first kappa shape index (κ1) is 15.2. The van der Waals surface area contributed by atoms with Crippen molar-refractivity contribution in [3.05, 3.63) is 64.6 Å². The molecule has 3 aliphatic heterocycles. The average molecular weight is 471 g/mol. The Morgan fingerprint density at radius 1 is 1.15 bits per heavy atom. The molecule has 0 aliphatic carbocycles. The fourth-order valence-electron chi connectivity index (χ4n) is 4.00. The molecule has 0 radical (unpaired) electrons. The smallest absolute Gasteiger partial charge is 0.255 e. The van der Waals surface area contributed by atoms with Crippen LogP contribution in [0.2, 0.25) is 0 Å². The highest BCUT2D eigenvalue weighted by Gasteiger charge is 2.40. The summed E-state index contributed by atoms with van der Waals surface area (Å²) in [6.45, 7) is -5.03. The Morgan fingerprint density at radius 2 is 1.94 bits per heavy atom.